The number of aliphatic hydroxyl groups is 1. The number of fused-ring (bicyclic) bond motifs is 3. The summed E-state index contributed by atoms with van der Waals surface area (Å²) < 4.78 is 0. The Bertz CT molecular complexity index is 454. The topological polar surface area (TPSA) is 60.8 Å². The van der Waals surface area contributed by atoms with Crippen LogP contribution in [0.25, 0.3) is 0 Å². The fourth-order valence-corrected chi connectivity index (χ4v) is 5.75. The molecule has 0 amide bonds. The van der Waals surface area contributed by atoms with Crippen molar-refractivity contribution in [3.8, 4) is 0 Å². The maximum Gasteiger partial charge on any atom is 0.303 e. The summed E-state index contributed by atoms with van der Waals surface area (Å²) in [4.78, 5) is 13.0. The van der Waals surface area contributed by atoms with Gasteiger partial charge in [0.2, 0.25) is 0 Å². The quantitative estimate of drug-likeness (QED) is 0.825. The van der Waals surface area contributed by atoms with Crippen molar-refractivity contribution >= 4 is 5.97 Å². The Morgan fingerprint density at radius 2 is 1.58 bits per heavy atom. The van der Waals surface area contributed by atoms with Crippen molar-refractivity contribution in [2.45, 2.75) is 64.2 Å². The number of nitrogens with zero attached hydrogens (tertiary/aromatic N) is 1. The number of hydrogen-bond acceptors (Lipinski definition) is 3. The number of aliphatic hydroxyl groups excluding tert-OH is 1. The summed E-state index contributed by atoms with van der Waals surface area (Å²) >= 11 is 0. The molecular formula is C20H35NO3. The fourth-order valence-electron chi connectivity index (χ4n) is 5.75. The molecule has 0 aliphatic heterocycles. The molecule has 4 aliphatic rings. The molecular weight excluding hydrogens is 302 g/mol. The average Bonchev–Trinajstić information content (AvgIpc) is 3.38. The molecule has 0 aromatic carbocycles. The summed E-state index contributed by atoms with van der Waals surface area (Å²) in [6.45, 7) is 1.02. The largest absolute Gasteiger partial charge is 0.481 e. The van der Waals surface area contributed by atoms with Gasteiger partial charge in [-0.3, -0.25) is 4.79 Å². The highest BCUT2D eigenvalue weighted by atomic mass is 16.4. The molecule has 24 heavy (non-hydrogen) atoms. The maximum atomic E-state index is 11.0. The lowest BCUT2D eigenvalue weighted by Crippen LogP contribution is -2.23. The van der Waals surface area contributed by atoms with Gasteiger partial charge in [0.05, 0.1) is 6.61 Å². The molecule has 0 bridgehead atoms. The Morgan fingerprint density at radius 3 is 2.04 bits per heavy atom. The van der Waals surface area contributed by atoms with E-state index in [2.05, 4.69) is 0 Å². The number of carbonyl (C=O) groups is 1. The molecule has 4 heteroatoms. The highest BCUT2D eigenvalue weighted by Crippen LogP contribution is 2.73. The van der Waals surface area contributed by atoms with E-state index in [1.54, 1.807) is 0 Å². The minimum atomic E-state index is -0.578. The predicted molar refractivity (Wildman–Crippen MR) is 94.8 cm³/mol. The number of rotatable bonds is 4. The second kappa shape index (κ2) is 6.95. The second-order valence-corrected chi connectivity index (χ2v) is 9.24. The lowest BCUT2D eigenvalue weighted by atomic mass is 9.76. The number of carboxylic acids is 1. The zero-order valence-electron chi connectivity index (χ0n) is 15.5. The molecule has 0 heterocycles. The van der Waals surface area contributed by atoms with E-state index in [1.165, 1.54) is 57.8 Å². The van der Waals surface area contributed by atoms with Crippen molar-refractivity contribution in [1.82, 2.24) is 4.90 Å². The molecule has 0 saturated heterocycles. The molecule has 138 valence electrons. The van der Waals surface area contributed by atoms with E-state index in [0.717, 1.165) is 18.4 Å². The minimum Gasteiger partial charge on any atom is -0.481 e. The Balaban J connectivity index is 0.000000246. The first-order chi connectivity index (χ1) is 11.4. The highest BCUT2D eigenvalue weighted by molar-refractivity contribution is 5.67. The summed E-state index contributed by atoms with van der Waals surface area (Å²) in [5, 5.41) is 17.3. The van der Waals surface area contributed by atoms with E-state index in [4.69, 9.17) is 10.2 Å². The fraction of sp³-hybridized carbons (Fsp3) is 0.950. The molecule has 4 rings (SSSR count). The predicted octanol–water partition coefficient (Wildman–Crippen LogP) is 3.39. The van der Waals surface area contributed by atoms with Gasteiger partial charge in [-0.05, 0) is 100 Å². The average molecular weight is 338 g/mol. The third-order valence-corrected chi connectivity index (χ3v) is 7.44. The monoisotopic (exact) mass is 337 g/mol. The number of aliphatic carboxylic acids is 1. The zero-order valence-corrected chi connectivity index (χ0v) is 15.5. The molecule has 3 unspecified atom stereocenters. The van der Waals surface area contributed by atoms with Crippen molar-refractivity contribution in [3.05, 3.63) is 0 Å². The van der Waals surface area contributed by atoms with Gasteiger partial charge in [-0.2, -0.15) is 0 Å². The number of carboxylic acid groups (broad SMARTS) is 1. The smallest absolute Gasteiger partial charge is 0.303 e. The van der Waals surface area contributed by atoms with Gasteiger partial charge < -0.3 is 15.1 Å². The Labute approximate surface area is 146 Å². The van der Waals surface area contributed by atoms with Crippen LogP contribution >= 0.6 is 0 Å². The lowest BCUT2D eigenvalue weighted by molar-refractivity contribution is -0.138. The van der Waals surface area contributed by atoms with E-state index in [0.29, 0.717) is 23.2 Å². The van der Waals surface area contributed by atoms with Crippen molar-refractivity contribution in [3.63, 3.8) is 0 Å². The van der Waals surface area contributed by atoms with Gasteiger partial charge in [-0.25, -0.2) is 0 Å². The lowest BCUT2D eigenvalue weighted by Gasteiger charge is -2.29. The highest BCUT2D eigenvalue weighted by Gasteiger charge is 2.64. The molecule has 4 fully saturated rings. The van der Waals surface area contributed by atoms with Crippen molar-refractivity contribution in [2.75, 3.05) is 27.2 Å². The van der Waals surface area contributed by atoms with Crippen LogP contribution in [-0.2, 0) is 4.79 Å². The Kier molecular flexibility index (Phi) is 5.27. The van der Waals surface area contributed by atoms with Gasteiger partial charge in [-0.1, -0.05) is 0 Å². The van der Waals surface area contributed by atoms with Crippen LogP contribution in [0.5, 0.6) is 0 Å². The van der Waals surface area contributed by atoms with E-state index < -0.39 is 5.97 Å². The molecule has 3 atom stereocenters. The van der Waals surface area contributed by atoms with E-state index in [9.17, 15) is 4.79 Å². The Hall–Kier alpha value is -0.610. The second-order valence-electron chi connectivity index (χ2n) is 9.24. The SMILES string of the molecule is CN(C)CCO.O=C(O)CC1CCC2(CC2)C2CCC3(CC3)C2C1. The van der Waals surface area contributed by atoms with Crippen LogP contribution in [-0.4, -0.2) is 48.3 Å². The molecule has 0 radical (unpaired) electrons. The van der Waals surface area contributed by atoms with Crippen LogP contribution in [0.15, 0.2) is 0 Å². The summed E-state index contributed by atoms with van der Waals surface area (Å²) in [6.07, 6.45) is 12.9. The number of hydrogen-bond donors (Lipinski definition) is 2. The molecule has 4 aliphatic carbocycles. The van der Waals surface area contributed by atoms with E-state index in [1.807, 2.05) is 19.0 Å². The van der Waals surface area contributed by atoms with Gasteiger partial charge in [0.25, 0.3) is 0 Å². The molecule has 4 saturated carbocycles. The van der Waals surface area contributed by atoms with Gasteiger partial charge in [0.15, 0.2) is 0 Å². The summed E-state index contributed by atoms with van der Waals surface area (Å²) in [5.74, 6) is 1.77. The molecule has 2 spiro atoms. The number of likely N-dealkylation sites (N-methyl/N-ethyl adjacent to an activating group) is 1. The van der Waals surface area contributed by atoms with Gasteiger partial charge >= 0.3 is 5.97 Å². The van der Waals surface area contributed by atoms with Crippen LogP contribution in [0.1, 0.15) is 64.2 Å². The molecule has 0 aromatic rings. The normalized spacial score (nSPS) is 34.4. The third-order valence-electron chi connectivity index (χ3n) is 7.44. The maximum absolute atomic E-state index is 11.0. The van der Waals surface area contributed by atoms with Crippen LogP contribution < -0.4 is 0 Å². The summed E-state index contributed by atoms with van der Waals surface area (Å²) in [6, 6.07) is 0. The first-order valence-corrected chi connectivity index (χ1v) is 9.88. The zero-order chi connectivity index (χ0) is 17.4. The van der Waals surface area contributed by atoms with Crippen LogP contribution in [0.4, 0.5) is 0 Å². The van der Waals surface area contributed by atoms with Crippen LogP contribution in [0, 0.1) is 28.6 Å². The summed E-state index contributed by atoms with van der Waals surface area (Å²) in [5.41, 5.74) is 1.38. The minimum absolute atomic E-state index is 0.257. The van der Waals surface area contributed by atoms with Gasteiger partial charge in [0.1, 0.15) is 0 Å². The van der Waals surface area contributed by atoms with Crippen molar-refractivity contribution in [1.29, 1.82) is 0 Å². The van der Waals surface area contributed by atoms with E-state index >= 15 is 0 Å². The van der Waals surface area contributed by atoms with Crippen LogP contribution in [0.2, 0.25) is 0 Å². The third kappa shape index (κ3) is 3.80. The first kappa shape index (κ1) is 18.2. The van der Waals surface area contributed by atoms with E-state index in [-0.39, 0.29) is 6.61 Å². The van der Waals surface area contributed by atoms with Gasteiger partial charge in [-0.15, -0.1) is 0 Å². The van der Waals surface area contributed by atoms with Crippen LogP contribution in [0.3, 0.4) is 0 Å². The Morgan fingerprint density at radius 1 is 1.00 bits per heavy atom. The van der Waals surface area contributed by atoms with Gasteiger partial charge in [0, 0.05) is 13.0 Å². The molecule has 2 N–H and O–H groups in total. The van der Waals surface area contributed by atoms with Crippen molar-refractivity contribution < 1.29 is 15.0 Å². The standard InChI is InChI=1S/C16H24O2.C4H11NO/c17-14(18)10-11-1-3-15(5-6-15)12-2-4-16(7-8-16)13(12)9-11;1-5(2)3-4-6/h11-13H,1-10H2,(H,17,18);6H,3-4H2,1-2H3. The van der Waals surface area contributed by atoms with Crippen molar-refractivity contribution in [2.24, 2.45) is 28.6 Å². The first-order valence-electron chi connectivity index (χ1n) is 9.88. The molecule has 0 aromatic heterocycles. The summed E-state index contributed by atoms with van der Waals surface area (Å²) in [7, 11) is 3.85. The molecule has 4 nitrogen and oxygen atoms in total.